The lowest BCUT2D eigenvalue weighted by Crippen LogP contribution is -2.45. The Bertz CT molecular complexity index is 794. The number of carbonyl (C=O) groups is 1. The maximum Gasteiger partial charge on any atom is 0.236 e. The molecule has 0 radical (unpaired) electrons. The molecule has 2 rings (SSSR count). The number of benzene rings is 1. The molecule has 1 aromatic rings. The van der Waals surface area contributed by atoms with Crippen molar-refractivity contribution in [3.8, 4) is 0 Å². The van der Waals surface area contributed by atoms with Gasteiger partial charge in [-0.1, -0.05) is 25.9 Å². The van der Waals surface area contributed by atoms with Gasteiger partial charge in [-0.2, -0.15) is 0 Å². The molecule has 0 bridgehead atoms. The number of hydrogen-bond acceptors (Lipinski definition) is 3. The van der Waals surface area contributed by atoms with Crippen LogP contribution in [0.2, 0.25) is 18.1 Å². The minimum atomic E-state index is -2.12. The monoisotopic (exact) mass is 460 g/mol. The van der Waals surface area contributed by atoms with Gasteiger partial charge in [0.1, 0.15) is 6.04 Å². The molecule has 1 aliphatic heterocycles. The third-order valence-electron chi connectivity index (χ3n) is 5.29. The third-order valence-corrected chi connectivity index (χ3v) is 10.4. The summed E-state index contributed by atoms with van der Waals surface area (Å²) in [6, 6.07) is 1.16. The van der Waals surface area contributed by atoms with E-state index >= 15 is 0 Å². The van der Waals surface area contributed by atoms with Crippen LogP contribution in [-0.4, -0.2) is 32.9 Å². The molecule has 1 amide bonds. The van der Waals surface area contributed by atoms with E-state index in [4.69, 9.17) is 9.96 Å². The largest absolute Gasteiger partial charge is 0.415 e. The number of halogens is 3. The standard InChI is InChI=1S/C17H23BrF2N4O2Si/c1-17(2,3)27(4,5)26-9-10-8-12(22-23-21)16(25)24(10)13-7-6-11(18)14(19)15(13)20/h6-7,10,12H,8-9H2,1-5H3/t10-,12?/m0/s1. The molecule has 0 N–H and O–H groups in total. The highest BCUT2D eigenvalue weighted by Crippen LogP contribution is 2.38. The van der Waals surface area contributed by atoms with Crippen LogP contribution < -0.4 is 4.90 Å². The van der Waals surface area contributed by atoms with Crippen molar-refractivity contribution in [2.75, 3.05) is 11.5 Å². The van der Waals surface area contributed by atoms with Crippen LogP contribution in [0.1, 0.15) is 27.2 Å². The molecule has 1 unspecified atom stereocenters. The molecule has 0 spiro atoms. The van der Waals surface area contributed by atoms with Crippen LogP contribution in [0, 0.1) is 11.6 Å². The first-order valence-corrected chi connectivity index (χ1v) is 12.3. The van der Waals surface area contributed by atoms with Gasteiger partial charge in [0.2, 0.25) is 5.91 Å². The van der Waals surface area contributed by atoms with Gasteiger partial charge in [0, 0.05) is 4.91 Å². The van der Waals surface area contributed by atoms with Gasteiger partial charge in [-0.3, -0.25) is 4.79 Å². The molecule has 1 fully saturated rings. The normalized spacial score (nSPS) is 20.7. The number of amides is 1. The molecule has 1 saturated heterocycles. The topological polar surface area (TPSA) is 78.3 Å². The van der Waals surface area contributed by atoms with E-state index in [9.17, 15) is 13.6 Å². The quantitative estimate of drug-likeness (QED) is 0.190. The molecule has 0 saturated carbocycles. The smallest absolute Gasteiger partial charge is 0.236 e. The SMILES string of the molecule is CC(C)(C)[Si](C)(C)OC[C@@H]1CC(N=[N+]=[N-])C(=O)N1c1ccc(Br)c(F)c1F. The Morgan fingerprint density at radius 3 is 2.56 bits per heavy atom. The van der Waals surface area contributed by atoms with Crippen molar-refractivity contribution >= 4 is 35.8 Å². The molecule has 1 heterocycles. The second-order valence-corrected chi connectivity index (χ2v) is 13.7. The van der Waals surface area contributed by atoms with Crippen molar-refractivity contribution in [2.45, 2.75) is 57.4 Å². The fourth-order valence-electron chi connectivity index (χ4n) is 2.64. The Morgan fingerprint density at radius 1 is 1.37 bits per heavy atom. The number of nitrogens with zero attached hydrogens (tertiary/aromatic N) is 4. The number of azide groups is 1. The summed E-state index contributed by atoms with van der Waals surface area (Å²) in [5.41, 5.74) is 8.53. The van der Waals surface area contributed by atoms with E-state index in [1.807, 2.05) is 0 Å². The van der Waals surface area contributed by atoms with E-state index < -0.39 is 37.9 Å². The maximum atomic E-state index is 14.5. The minimum Gasteiger partial charge on any atom is -0.415 e. The van der Waals surface area contributed by atoms with Gasteiger partial charge in [0.15, 0.2) is 20.0 Å². The van der Waals surface area contributed by atoms with Crippen molar-refractivity contribution in [3.63, 3.8) is 0 Å². The van der Waals surface area contributed by atoms with E-state index in [0.717, 1.165) is 4.90 Å². The number of anilines is 1. The molecule has 0 aromatic heterocycles. The highest BCUT2D eigenvalue weighted by Gasteiger charge is 2.44. The number of rotatable bonds is 5. The number of carbonyl (C=O) groups excluding carboxylic acids is 1. The molecule has 1 aromatic carbocycles. The van der Waals surface area contributed by atoms with E-state index in [1.54, 1.807) is 0 Å². The second-order valence-electron chi connectivity index (χ2n) is 8.08. The summed E-state index contributed by atoms with van der Waals surface area (Å²) < 4.78 is 34.7. The summed E-state index contributed by atoms with van der Waals surface area (Å²) in [6.07, 6.45) is 0.189. The van der Waals surface area contributed by atoms with Crippen LogP contribution in [0.15, 0.2) is 21.7 Å². The van der Waals surface area contributed by atoms with Gasteiger partial charge in [-0.25, -0.2) is 8.78 Å². The van der Waals surface area contributed by atoms with Crippen molar-refractivity contribution < 1.29 is 18.0 Å². The maximum absolute atomic E-state index is 14.5. The zero-order valence-electron chi connectivity index (χ0n) is 16.0. The summed E-state index contributed by atoms with van der Waals surface area (Å²) in [6.45, 7) is 10.6. The first kappa shape index (κ1) is 21.8. The second kappa shape index (κ2) is 7.87. The molecular weight excluding hydrogens is 438 g/mol. The Hall–Kier alpha value is -1.48. The average molecular weight is 461 g/mol. The van der Waals surface area contributed by atoms with Gasteiger partial charge in [0.05, 0.1) is 22.8 Å². The Morgan fingerprint density at radius 2 is 2.00 bits per heavy atom. The zero-order valence-corrected chi connectivity index (χ0v) is 18.5. The summed E-state index contributed by atoms with van der Waals surface area (Å²) in [5, 5.41) is 3.47. The molecule has 148 valence electrons. The van der Waals surface area contributed by atoms with E-state index in [-0.39, 0.29) is 28.2 Å². The summed E-state index contributed by atoms with van der Waals surface area (Å²) in [5.74, 6) is -2.76. The Kier molecular flexibility index (Phi) is 6.36. The predicted octanol–water partition coefficient (Wildman–Crippen LogP) is 5.53. The lowest BCUT2D eigenvalue weighted by molar-refractivity contribution is -0.118. The molecular formula is C17H23BrF2N4O2Si. The van der Waals surface area contributed by atoms with Gasteiger partial charge in [-0.05, 0) is 58.1 Å². The van der Waals surface area contributed by atoms with Crippen LogP contribution in [0.5, 0.6) is 0 Å². The highest BCUT2D eigenvalue weighted by atomic mass is 79.9. The number of hydrogen-bond donors (Lipinski definition) is 0. The van der Waals surface area contributed by atoms with Crippen LogP contribution in [0.3, 0.4) is 0 Å². The molecule has 27 heavy (non-hydrogen) atoms. The van der Waals surface area contributed by atoms with E-state index in [2.05, 4.69) is 59.8 Å². The fraction of sp³-hybridized carbons (Fsp3) is 0.588. The van der Waals surface area contributed by atoms with E-state index in [0.29, 0.717) is 0 Å². The predicted molar refractivity (Wildman–Crippen MR) is 106 cm³/mol. The summed E-state index contributed by atoms with van der Waals surface area (Å²) >= 11 is 2.93. The molecule has 2 atom stereocenters. The van der Waals surface area contributed by atoms with Crippen molar-refractivity contribution in [3.05, 3.63) is 38.7 Å². The molecule has 1 aliphatic rings. The lowest BCUT2D eigenvalue weighted by atomic mass is 10.2. The molecule has 0 aliphatic carbocycles. The molecule has 6 nitrogen and oxygen atoms in total. The van der Waals surface area contributed by atoms with E-state index in [1.165, 1.54) is 12.1 Å². The summed E-state index contributed by atoms with van der Waals surface area (Å²) in [7, 11) is -2.12. The van der Waals surface area contributed by atoms with Gasteiger partial charge in [0.25, 0.3) is 0 Å². The van der Waals surface area contributed by atoms with Crippen molar-refractivity contribution in [2.24, 2.45) is 5.11 Å². The summed E-state index contributed by atoms with van der Waals surface area (Å²) in [4.78, 5) is 16.6. The van der Waals surface area contributed by atoms with Crippen molar-refractivity contribution in [1.82, 2.24) is 0 Å². The van der Waals surface area contributed by atoms with Crippen LogP contribution in [0.25, 0.3) is 10.4 Å². The Balaban J connectivity index is 2.38. The molecule has 10 heteroatoms. The van der Waals surface area contributed by atoms with Gasteiger partial charge < -0.3 is 9.33 Å². The first-order valence-electron chi connectivity index (χ1n) is 8.55. The Labute approximate surface area is 166 Å². The minimum absolute atomic E-state index is 0.0314. The third kappa shape index (κ3) is 4.34. The van der Waals surface area contributed by atoms with Gasteiger partial charge >= 0.3 is 0 Å². The van der Waals surface area contributed by atoms with Crippen LogP contribution >= 0.6 is 15.9 Å². The highest BCUT2D eigenvalue weighted by molar-refractivity contribution is 9.10. The van der Waals surface area contributed by atoms with Gasteiger partial charge in [-0.15, -0.1) is 0 Å². The van der Waals surface area contributed by atoms with Crippen LogP contribution in [-0.2, 0) is 9.22 Å². The fourth-order valence-corrected chi connectivity index (χ4v) is 3.99. The first-order chi connectivity index (χ1) is 12.4. The average Bonchev–Trinajstić information content (AvgIpc) is 2.87. The van der Waals surface area contributed by atoms with Crippen LogP contribution in [0.4, 0.5) is 14.5 Å². The zero-order chi connectivity index (χ0) is 20.6. The van der Waals surface area contributed by atoms with Crippen molar-refractivity contribution in [1.29, 1.82) is 0 Å². The lowest BCUT2D eigenvalue weighted by Gasteiger charge is -2.38.